The molecular formula is C6H3BrClF2NO2S. The Bertz CT molecular complexity index is 451. The lowest BCUT2D eigenvalue weighted by molar-refractivity contribution is 0.146. The summed E-state index contributed by atoms with van der Waals surface area (Å²) in [4.78, 5) is 3.30. The van der Waals surface area contributed by atoms with Crippen LogP contribution in [-0.2, 0) is 9.05 Å². The third-order valence-corrected chi connectivity index (χ3v) is 3.27. The molecule has 0 spiro atoms. The molecule has 0 fully saturated rings. The third kappa shape index (κ3) is 2.40. The van der Waals surface area contributed by atoms with Crippen LogP contribution in [0.15, 0.2) is 21.8 Å². The highest BCUT2D eigenvalue weighted by Crippen LogP contribution is 2.32. The van der Waals surface area contributed by atoms with E-state index in [-0.39, 0.29) is 4.47 Å². The zero-order chi connectivity index (χ0) is 10.9. The van der Waals surface area contributed by atoms with Crippen LogP contribution < -0.4 is 0 Å². The van der Waals surface area contributed by atoms with Gasteiger partial charge in [0.2, 0.25) is 0 Å². The van der Waals surface area contributed by atoms with Crippen molar-refractivity contribution in [1.29, 1.82) is 0 Å². The average molecular weight is 307 g/mol. The van der Waals surface area contributed by atoms with Gasteiger partial charge in [-0.25, -0.2) is 22.2 Å². The first kappa shape index (κ1) is 11.8. The summed E-state index contributed by atoms with van der Waals surface area (Å²) < 4.78 is 46.5. The minimum atomic E-state index is -4.25. The Morgan fingerprint density at radius 2 is 2.07 bits per heavy atom. The summed E-state index contributed by atoms with van der Waals surface area (Å²) in [5.41, 5.74) is -0.720. The minimum Gasteiger partial charge on any atom is -0.243 e. The van der Waals surface area contributed by atoms with Gasteiger partial charge in [0.05, 0.1) is 5.56 Å². The number of nitrogens with zero attached hydrogens (tertiary/aromatic N) is 1. The van der Waals surface area contributed by atoms with E-state index in [0.717, 1.165) is 6.20 Å². The maximum Gasteiger partial charge on any atom is 0.279 e. The Labute approximate surface area is 91.6 Å². The quantitative estimate of drug-likeness (QED) is 0.789. The monoisotopic (exact) mass is 305 g/mol. The number of alkyl halides is 2. The lowest BCUT2D eigenvalue weighted by Crippen LogP contribution is -2.02. The molecule has 0 bridgehead atoms. The second-order valence-electron chi connectivity index (χ2n) is 2.25. The van der Waals surface area contributed by atoms with Crippen LogP contribution in [-0.4, -0.2) is 13.4 Å². The molecule has 3 nitrogen and oxygen atoms in total. The smallest absolute Gasteiger partial charge is 0.243 e. The molecule has 0 N–H and O–H groups in total. The molecule has 1 heterocycles. The highest BCUT2D eigenvalue weighted by Gasteiger charge is 2.25. The highest BCUT2D eigenvalue weighted by molar-refractivity contribution is 9.10. The topological polar surface area (TPSA) is 47.0 Å². The zero-order valence-electron chi connectivity index (χ0n) is 6.42. The summed E-state index contributed by atoms with van der Waals surface area (Å²) in [7, 11) is 0.685. The predicted molar refractivity (Wildman–Crippen MR) is 49.9 cm³/mol. The van der Waals surface area contributed by atoms with E-state index in [1.54, 1.807) is 0 Å². The van der Waals surface area contributed by atoms with Crippen molar-refractivity contribution in [3.05, 3.63) is 22.3 Å². The largest absolute Gasteiger partial charge is 0.279 e. The van der Waals surface area contributed by atoms with Gasteiger partial charge in [0.25, 0.3) is 15.5 Å². The molecule has 0 radical (unpaired) electrons. The van der Waals surface area contributed by atoms with Crippen LogP contribution in [0.2, 0.25) is 0 Å². The molecule has 0 amide bonds. The van der Waals surface area contributed by atoms with Crippen molar-refractivity contribution in [3.8, 4) is 0 Å². The maximum atomic E-state index is 12.4. The molecule has 0 aliphatic rings. The molecule has 1 rings (SSSR count). The number of halogens is 4. The third-order valence-electron chi connectivity index (χ3n) is 1.35. The van der Waals surface area contributed by atoms with Crippen molar-refractivity contribution in [3.63, 3.8) is 0 Å². The lowest BCUT2D eigenvalue weighted by Gasteiger charge is -2.06. The van der Waals surface area contributed by atoms with Crippen LogP contribution in [0.4, 0.5) is 8.78 Å². The van der Waals surface area contributed by atoms with Crippen molar-refractivity contribution >= 4 is 35.7 Å². The van der Waals surface area contributed by atoms with Crippen molar-refractivity contribution in [2.45, 2.75) is 11.5 Å². The lowest BCUT2D eigenvalue weighted by atomic mass is 10.3. The van der Waals surface area contributed by atoms with Crippen LogP contribution in [0.3, 0.4) is 0 Å². The normalized spacial score (nSPS) is 12.1. The van der Waals surface area contributed by atoms with Gasteiger partial charge in [-0.2, -0.15) is 0 Å². The molecule has 0 aliphatic heterocycles. The first-order valence-corrected chi connectivity index (χ1v) is 6.31. The molecule has 0 saturated heterocycles. The Hall–Kier alpha value is -0.270. The van der Waals surface area contributed by atoms with Crippen molar-refractivity contribution in [2.75, 3.05) is 0 Å². The van der Waals surface area contributed by atoms with Gasteiger partial charge in [-0.15, -0.1) is 0 Å². The standard InChI is InChI=1S/C6H3BrClF2NO2S/c7-3-1-2-11-6(14(8,12)13)4(3)5(9)10/h1-2,5H. The number of hydrogen-bond donors (Lipinski definition) is 0. The van der Waals surface area contributed by atoms with E-state index in [1.807, 2.05) is 0 Å². The van der Waals surface area contributed by atoms with Gasteiger partial charge < -0.3 is 0 Å². The van der Waals surface area contributed by atoms with Crippen molar-refractivity contribution < 1.29 is 17.2 Å². The molecule has 0 saturated carbocycles. The van der Waals surface area contributed by atoms with Gasteiger partial charge in [-0.05, 0) is 6.07 Å². The fourth-order valence-electron chi connectivity index (χ4n) is 0.824. The van der Waals surface area contributed by atoms with E-state index >= 15 is 0 Å². The molecule has 0 unspecified atom stereocenters. The van der Waals surface area contributed by atoms with Gasteiger partial charge in [-0.3, -0.25) is 0 Å². The van der Waals surface area contributed by atoms with E-state index in [4.69, 9.17) is 10.7 Å². The molecule has 0 aliphatic carbocycles. The van der Waals surface area contributed by atoms with Crippen molar-refractivity contribution in [2.24, 2.45) is 0 Å². The number of pyridine rings is 1. The molecule has 8 heteroatoms. The van der Waals surface area contributed by atoms with E-state index in [2.05, 4.69) is 20.9 Å². The Kier molecular flexibility index (Phi) is 3.44. The Balaban J connectivity index is 3.52. The molecule has 14 heavy (non-hydrogen) atoms. The van der Waals surface area contributed by atoms with Gasteiger partial charge in [-0.1, -0.05) is 15.9 Å². The SMILES string of the molecule is O=S(=O)(Cl)c1nccc(Br)c1C(F)F. The molecule has 78 valence electrons. The Morgan fingerprint density at radius 3 is 2.43 bits per heavy atom. The molecule has 0 atom stereocenters. The second-order valence-corrected chi connectivity index (χ2v) is 5.59. The highest BCUT2D eigenvalue weighted by atomic mass is 79.9. The van der Waals surface area contributed by atoms with Crippen LogP contribution in [0, 0.1) is 0 Å². The number of hydrogen-bond acceptors (Lipinski definition) is 3. The summed E-state index contributed by atoms with van der Waals surface area (Å²) in [5, 5.41) is -0.816. The van der Waals surface area contributed by atoms with Crippen LogP contribution in [0.5, 0.6) is 0 Å². The number of rotatable bonds is 2. The summed E-state index contributed by atoms with van der Waals surface area (Å²) >= 11 is 2.80. The van der Waals surface area contributed by atoms with Crippen LogP contribution in [0.25, 0.3) is 0 Å². The van der Waals surface area contributed by atoms with E-state index in [0.29, 0.717) is 0 Å². The Morgan fingerprint density at radius 1 is 1.50 bits per heavy atom. The minimum absolute atomic E-state index is 0.0401. The van der Waals surface area contributed by atoms with Crippen LogP contribution >= 0.6 is 26.6 Å². The van der Waals surface area contributed by atoms with Crippen molar-refractivity contribution in [1.82, 2.24) is 4.98 Å². The fraction of sp³-hybridized carbons (Fsp3) is 0.167. The fourth-order valence-corrected chi connectivity index (χ4v) is 2.45. The first-order valence-electron chi connectivity index (χ1n) is 3.21. The van der Waals surface area contributed by atoms with Gasteiger partial charge in [0.1, 0.15) is 0 Å². The van der Waals surface area contributed by atoms with Crippen LogP contribution in [0.1, 0.15) is 12.0 Å². The van der Waals surface area contributed by atoms with E-state index in [1.165, 1.54) is 6.07 Å². The average Bonchev–Trinajstić information content (AvgIpc) is 2.01. The summed E-state index contributed by atoms with van der Waals surface area (Å²) in [5.74, 6) is 0. The molecule has 1 aromatic heterocycles. The first-order chi connectivity index (χ1) is 6.34. The molecule has 0 aromatic carbocycles. The molecular weight excluding hydrogens is 303 g/mol. The molecule has 1 aromatic rings. The van der Waals surface area contributed by atoms with E-state index in [9.17, 15) is 17.2 Å². The van der Waals surface area contributed by atoms with Gasteiger partial charge in [0, 0.05) is 21.4 Å². The summed E-state index contributed by atoms with van der Waals surface area (Å²) in [6, 6.07) is 1.22. The van der Waals surface area contributed by atoms with Gasteiger partial charge in [0.15, 0.2) is 5.03 Å². The summed E-state index contributed by atoms with van der Waals surface area (Å²) in [6.45, 7) is 0. The zero-order valence-corrected chi connectivity index (χ0v) is 9.57. The second kappa shape index (κ2) is 4.08. The number of aromatic nitrogens is 1. The predicted octanol–water partition coefficient (Wildman–Crippen LogP) is 2.71. The summed E-state index contributed by atoms with van der Waals surface area (Å²) in [6.07, 6.45) is -1.88. The van der Waals surface area contributed by atoms with E-state index < -0.39 is 26.1 Å². The maximum absolute atomic E-state index is 12.4. The van der Waals surface area contributed by atoms with Gasteiger partial charge >= 0.3 is 0 Å².